The van der Waals surface area contributed by atoms with Crippen LogP contribution in [-0.2, 0) is 9.59 Å². The molecule has 1 rings (SSSR count). The first-order valence-electron chi connectivity index (χ1n) is 9.09. The molecular formula is C18H35N3O2. The summed E-state index contributed by atoms with van der Waals surface area (Å²) in [7, 11) is 0. The molecule has 0 aromatic heterocycles. The Balaban J connectivity index is 2.37. The normalized spacial score (nSPS) is 19.0. The minimum atomic E-state index is -0.373. The van der Waals surface area contributed by atoms with Crippen molar-refractivity contribution in [2.75, 3.05) is 39.3 Å². The van der Waals surface area contributed by atoms with E-state index in [2.05, 4.69) is 24.1 Å². The molecule has 5 heteroatoms. The zero-order valence-corrected chi connectivity index (χ0v) is 15.7. The van der Waals surface area contributed by atoms with E-state index in [-0.39, 0.29) is 23.1 Å². The van der Waals surface area contributed by atoms with Gasteiger partial charge in [0.15, 0.2) is 0 Å². The Labute approximate surface area is 141 Å². The largest absolute Gasteiger partial charge is 0.356 e. The maximum absolute atomic E-state index is 12.4. The second kappa shape index (κ2) is 9.26. The van der Waals surface area contributed by atoms with Crippen molar-refractivity contribution >= 4 is 11.8 Å². The van der Waals surface area contributed by atoms with Crippen molar-refractivity contribution in [1.82, 2.24) is 15.1 Å². The lowest BCUT2D eigenvalue weighted by Gasteiger charge is -2.35. The average Bonchev–Trinajstić information content (AvgIpc) is 2.53. The predicted octanol–water partition coefficient (Wildman–Crippen LogP) is 2.12. The Kier molecular flexibility index (Phi) is 8.03. The van der Waals surface area contributed by atoms with Gasteiger partial charge in [-0.1, -0.05) is 34.6 Å². The van der Waals surface area contributed by atoms with Gasteiger partial charge >= 0.3 is 0 Å². The number of carbonyl (C=O) groups excluding carboxylic acids is 2. The molecule has 1 aliphatic heterocycles. The summed E-state index contributed by atoms with van der Waals surface area (Å²) in [6, 6.07) is 0. The number of rotatable bonds is 7. The number of nitrogens with one attached hydrogen (secondary N) is 1. The number of hydrogen-bond acceptors (Lipinski definition) is 3. The highest BCUT2D eigenvalue weighted by Crippen LogP contribution is 2.23. The van der Waals surface area contributed by atoms with Gasteiger partial charge in [-0.15, -0.1) is 0 Å². The molecule has 23 heavy (non-hydrogen) atoms. The average molecular weight is 325 g/mol. The van der Waals surface area contributed by atoms with Crippen LogP contribution in [0.25, 0.3) is 0 Å². The summed E-state index contributed by atoms with van der Waals surface area (Å²) >= 11 is 0. The van der Waals surface area contributed by atoms with Crippen LogP contribution in [0.3, 0.4) is 0 Å². The third-order valence-corrected chi connectivity index (χ3v) is 4.57. The van der Waals surface area contributed by atoms with Gasteiger partial charge in [0.1, 0.15) is 0 Å². The zero-order valence-electron chi connectivity index (χ0n) is 15.7. The summed E-state index contributed by atoms with van der Waals surface area (Å²) < 4.78 is 0. The number of likely N-dealkylation sites (tertiary alicyclic amines) is 1. The van der Waals surface area contributed by atoms with E-state index in [0.717, 1.165) is 52.0 Å². The fourth-order valence-electron chi connectivity index (χ4n) is 3.05. The van der Waals surface area contributed by atoms with Gasteiger partial charge in [-0.25, -0.2) is 0 Å². The van der Waals surface area contributed by atoms with Crippen molar-refractivity contribution in [1.29, 1.82) is 0 Å². The fourth-order valence-corrected chi connectivity index (χ4v) is 3.05. The van der Waals surface area contributed by atoms with E-state index in [1.807, 2.05) is 25.7 Å². The van der Waals surface area contributed by atoms with E-state index < -0.39 is 0 Å². The maximum Gasteiger partial charge on any atom is 0.227 e. The van der Waals surface area contributed by atoms with Crippen LogP contribution in [0.1, 0.15) is 53.9 Å². The number of amides is 2. The molecule has 134 valence electrons. The Bertz CT molecular complexity index is 386. The van der Waals surface area contributed by atoms with E-state index in [4.69, 9.17) is 0 Å². The molecule has 1 aliphatic rings. The lowest BCUT2D eigenvalue weighted by molar-refractivity contribution is -0.142. The molecule has 2 amide bonds. The summed E-state index contributed by atoms with van der Waals surface area (Å²) in [5.74, 6) is 0.205. The van der Waals surface area contributed by atoms with Crippen molar-refractivity contribution in [2.24, 2.45) is 11.3 Å². The highest BCUT2D eigenvalue weighted by atomic mass is 16.2. The highest BCUT2D eigenvalue weighted by Gasteiger charge is 2.33. The Hall–Kier alpha value is -1.10. The standard InChI is InChI=1S/C18H35N3O2/c1-6-20(7-2)12-9-11-19-16(22)15-10-8-13-21(14-15)17(23)18(3,4)5/h15H,6-14H2,1-5H3,(H,19,22). The molecule has 0 saturated carbocycles. The molecule has 0 aliphatic carbocycles. The van der Waals surface area contributed by atoms with Gasteiger partial charge in [0.2, 0.25) is 11.8 Å². The lowest BCUT2D eigenvalue weighted by Crippen LogP contribution is -2.48. The summed E-state index contributed by atoms with van der Waals surface area (Å²) in [5.41, 5.74) is -0.373. The van der Waals surface area contributed by atoms with Gasteiger partial charge in [-0.2, -0.15) is 0 Å². The van der Waals surface area contributed by atoms with Gasteiger partial charge in [-0.05, 0) is 38.9 Å². The van der Waals surface area contributed by atoms with Gasteiger partial charge in [0.25, 0.3) is 0 Å². The lowest BCUT2D eigenvalue weighted by atomic mass is 9.91. The molecule has 0 bridgehead atoms. The first-order chi connectivity index (χ1) is 10.8. The van der Waals surface area contributed by atoms with Gasteiger partial charge in [-0.3, -0.25) is 9.59 Å². The van der Waals surface area contributed by atoms with E-state index in [9.17, 15) is 9.59 Å². The molecule has 1 atom stereocenters. The number of hydrogen-bond donors (Lipinski definition) is 1. The first-order valence-corrected chi connectivity index (χ1v) is 9.09. The predicted molar refractivity (Wildman–Crippen MR) is 94.2 cm³/mol. The van der Waals surface area contributed by atoms with Crippen LogP contribution in [0, 0.1) is 11.3 Å². The Morgan fingerprint density at radius 1 is 1.22 bits per heavy atom. The van der Waals surface area contributed by atoms with E-state index in [1.54, 1.807) is 0 Å². The van der Waals surface area contributed by atoms with Crippen molar-refractivity contribution in [3.63, 3.8) is 0 Å². The zero-order chi connectivity index (χ0) is 17.5. The molecule has 1 saturated heterocycles. The van der Waals surface area contributed by atoms with Crippen LogP contribution in [0.15, 0.2) is 0 Å². The van der Waals surface area contributed by atoms with E-state index >= 15 is 0 Å². The minimum absolute atomic E-state index is 0.0523. The first kappa shape index (κ1) is 19.9. The quantitative estimate of drug-likeness (QED) is 0.730. The SMILES string of the molecule is CCN(CC)CCCNC(=O)C1CCCN(C(=O)C(C)(C)C)C1. The van der Waals surface area contributed by atoms with Crippen LogP contribution in [-0.4, -0.2) is 60.9 Å². The summed E-state index contributed by atoms with van der Waals surface area (Å²) in [4.78, 5) is 28.9. The topological polar surface area (TPSA) is 52.7 Å². The van der Waals surface area contributed by atoms with Crippen LogP contribution >= 0.6 is 0 Å². The fraction of sp³-hybridized carbons (Fsp3) is 0.889. The number of carbonyl (C=O) groups is 2. The van der Waals surface area contributed by atoms with Crippen molar-refractivity contribution in [3.05, 3.63) is 0 Å². The van der Waals surface area contributed by atoms with Crippen LogP contribution < -0.4 is 5.32 Å². The third-order valence-electron chi connectivity index (χ3n) is 4.57. The summed E-state index contributed by atoms with van der Waals surface area (Å²) in [5, 5.41) is 3.05. The molecule has 0 spiro atoms. The second-order valence-electron chi connectivity index (χ2n) is 7.51. The van der Waals surface area contributed by atoms with Crippen molar-refractivity contribution < 1.29 is 9.59 Å². The van der Waals surface area contributed by atoms with Gasteiger partial charge in [0.05, 0.1) is 5.92 Å². The van der Waals surface area contributed by atoms with Crippen LogP contribution in [0.4, 0.5) is 0 Å². The molecule has 0 aromatic carbocycles. The number of piperidine rings is 1. The second-order valence-corrected chi connectivity index (χ2v) is 7.51. The molecule has 1 unspecified atom stereocenters. The molecule has 0 radical (unpaired) electrons. The van der Waals surface area contributed by atoms with Gasteiger partial charge < -0.3 is 15.1 Å². The van der Waals surface area contributed by atoms with E-state index in [0.29, 0.717) is 6.54 Å². The molecular weight excluding hydrogens is 290 g/mol. The highest BCUT2D eigenvalue weighted by molar-refractivity contribution is 5.83. The molecule has 5 nitrogen and oxygen atoms in total. The Morgan fingerprint density at radius 3 is 2.43 bits per heavy atom. The van der Waals surface area contributed by atoms with Crippen LogP contribution in [0.5, 0.6) is 0 Å². The molecule has 1 heterocycles. The smallest absolute Gasteiger partial charge is 0.227 e. The number of nitrogens with zero attached hydrogens (tertiary/aromatic N) is 2. The summed E-state index contributed by atoms with van der Waals surface area (Å²) in [6.45, 7) is 15.3. The minimum Gasteiger partial charge on any atom is -0.356 e. The Morgan fingerprint density at radius 2 is 1.87 bits per heavy atom. The van der Waals surface area contributed by atoms with E-state index in [1.165, 1.54) is 0 Å². The summed E-state index contributed by atoms with van der Waals surface area (Å²) in [6.07, 6.45) is 2.78. The molecule has 0 aromatic rings. The molecule has 1 N–H and O–H groups in total. The monoisotopic (exact) mass is 325 g/mol. The van der Waals surface area contributed by atoms with Crippen molar-refractivity contribution in [3.8, 4) is 0 Å². The van der Waals surface area contributed by atoms with Crippen molar-refractivity contribution in [2.45, 2.75) is 53.9 Å². The maximum atomic E-state index is 12.4. The molecule has 1 fully saturated rings. The van der Waals surface area contributed by atoms with Gasteiger partial charge in [0, 0.05) is 25.0 Å². The van der Waals surface area contributed by atoms with Crippen LogP contribution in [0.2, 0.25) is 0 Å². The third kappa shape index (κ3) is 6.50.